The van der Waals surface area contributed by atoms with E-state index >= 15 is 0 Å². The number of nitrogen functional groups attached to an aromatic ring is 1. The van der Waals surface area contributed by atoms with Crippen LogP contribution in [0.2, 0.25) is 0 Å². The van der Waals surface area contributed by atoms with E-state index < -0.39 is 5.91 Å². The van der Waals surface area contributed by atoms with E-state index in [1.807, 2.05) is 11.9 Å². The number of aromatic nitrogens is 1. The molecule has 1 aromatic rings. The molecule has 1 heterocycles. The van der Waals surface area contributed by atoms with Gasteiger partial charge in [0.25, 0.3) is 5.91 Å². The van der Waals surface area contributed by atoms with E-state index in [1.54, 1.807) is 18.0 Å². The number of nitrogens with two attached hydrogens (primary N) is 2. The molecule has 100 valence electrons. The minimum Gasteiger partial charge on any atom is -0.384 e. The largest absolute Gasteiger partial charge is 0.384 e. The van der Waals surface area contributed by atoms with E-state index in [-0.39, 0.29) is 0 Å². The molecule has 1 aromatic heterocycles. The maximum atomic E-state index is 11.4. The molecule has 0 bridgehead atoms. The van der Waals surface area contributed by atoms with Gasteiger partial charge in [0.2, 0.25) is 0 Å². The van der Waals surface area contributed by atoms with Crippen molar-refractivity contribution in [1.29, 1.82) is 0 Å². The summed E-state index contributed by atoms with van der Waals surface area (Å²) in [5.41, 5.74) is 12.1. The van der Waals surface area contributed by atoms with Crippen LogP contribution in [0.25, 0.3) is 0 Å². The second-order valence-corrected chi connectivity index (χ2v) is 5.22. The van der Waals surface area contributed by atoms with Crippen molar-refractivity contribution in [2.45, 2.75) is 19.4 Å². The van der Waals surface area contributed by atoms with Crippen molar-refractivity contribution >= 4 is 29.2 Å². The summed E-state index contributed by atoms with van der Waals surface area (Å²) >= 11 is 1.80. The van der Waals surface area contributed by atoms with Crippen LogP contribution in [0.4, 0.5) is 11.5 Å². The number of rotatable bonds is 6. The molecule has 0 aliphatic heterocycles. The van der Waals surface area contributed by atoms with Crippen LogP contribution in [0.3, 0.4) is 0 Å². The van der Waals surface area contributed by atoms with Gasteiger partial charge in [-0.2, -0.15) is 11.8 Å². The SMILES string of the molecule is CSCCC(C)N(C)c1cnc(N)cc1C(N)=O. The molecular formula is C12H20N4OS. The zero-order valence-electron chi connectivity index (χ0n) is 11.0. The Labute approximate surface area is 112 Å². The first-order chi connectivity index (χ1) is 8.47. The Kier molecular flexibility index (Phi) is 5.27. The standard InChI is InChI=1S/C12H20N4OS/c1-8(4-5-18-3)16(2)10-7-15-11(13)6-9(10)12(14)17/h6-8H,4-5H2,1-3H3,(H2,13,15)(H2,14,17). The number of anilines is 2. The quantitative estimate of drug-likeness (QED) is 0.813. The summed E-state index contributed by atoms with van der Waals surface area (Å²) in [6, 6.07) is 1.83. The summed E-state index contributed by atoms with van der Waals surface area (Å²) in [4.78, 5) is 17.5. The molecule has 1 atom stereocenters. The topological polar surface area (TPSA) is 85.2 Å². The van der Waals surface area contributed by atoms with Gasteiger partial charge >= 0.3 is 0 Å². The van der Waals surface area contributed by atoms with Gasteiger partial charge in [-0.05, 0) is 31.4 Å². The number of hydrogen-bond acceptors (Lipinski definition) is 5. The van der Waals surface area contributed by atoms with Gasteiger partial charge in [0, 0.05) is 13.1 Å². The second kappa shape index (κ2) is 6.49. The van der Waals surface area contributed by atoms with Gasteiger partial charge < -0.3 is 16.4 Å². The average molecular weight is 268 g/mol. The van der Waals surface area contributed by atoms with Crippen LogP contribution in [0, 0.1) is 0 Å². The van der Waals surface area contributed by atoms with Crippen LogP contribution in [-0.2, 0) is 0 Å². The van der Waals surface area contributed by atoms with Gasteiger partial charge in [-0.1, -0.05) is 0 Å². The number of nitrogens with zero attached hydrogens (tertiary/aromatic N) is 2. The predicted octanol–water partition coefficient (Wildman–Crippen LogP) is 1.34. The first kappa shape index (κ1) is 14.6. The van der Waals surface area contributed by atoms with Crippen molar-refractivity contribution in [3.8, 4) is 0 Å². The minimum absolute atomic E-state index is 0.303. The lowest BCUT2D eigenvalue weighted by molar-refractivity contribution is 0.100. The van der Waals surface area contributed by atoms with Crippen LogP contribution < -0.4 is 16.4 Å². The van der Waals surface area contributed by atoms with Crippen LogP contribution >= 0.6 is 11.8 Å². The smallest absolute Gasteiger partial charge is 0.251 e. The normalized spacial score (nSPS) is 12.2. The van der Waals surface area contributed by atoms with Crippen molar-refractivity contribution in [2.24, 2.45) is 5.73 Å². The fourth-order valence-corrected chi connectivity index (χ4v) is 2.24. The summed E-state index contributed by atoms with van der Waals surface area (Å²) in [5, 5.41) is 0. The molecule has 4 N–H and O–H groups in total. The highest BCUT2D eigenvalue weighted by Crippen LogP contribution is 2.23. The van der Waals surface area contributed by atoms with Gasteiger partial charge in [-0.15, -0.1) is 0 Å². The molecule has 1 amide bonds. The zero-order chi connectivity index (χ0) is 13.7. The first-order valence-corrected chi connectivity index (χ1v) is 7.13. The number of amides is 1. The van der Waals surface area contributed by atoms with Crippen molar-refractivity contribution in [3.63, 3.8) is 0 Å². The van der Waals surface area contributed by atoms with Crippen molar-refractivity contribution in [3.05, 3.63) is 17.8 Å². The Morgan fingerprint density at radius 2 is 2.28 bits per heavy atom. The molecule has 0 radical (unpaired) electrons. The van der Waals surface area contributed by atoms with Gasteiger partial charge in [0.15, 0.2) is 0 Å². The summed E-state index contributed by atoms with van der Waals surface area (Å²) < 4.78 is 0. The van der Waals surface area contributed by atoms with E-state index in [0.717, 1.165) is 17.9 Å². The monoisotopic (exact) mass is 268 g/mol. The second-order valence-electron chi connectivity index (χ2n) is 4.23. The van der Waals surface area contributed by atoms with Crippen LogP contribution in [0.5, 0.6) is 0 Å². The Morgan fingerprint density at radius 1 is 1.61 bits per heavy atom. The Hall–Kier alpha value is -1.43. The average Bonchev–Trinajstić information content (AvgIpc) is 2.34. The van der Waals surface area contributed by atoms with Crippen molar-refractivity contribution in [2.75, 3.05) is 29.7 Å². The van der Waals surface area contributed by atoms with Crippen molar-refractivity contribution < 1.29 is 4.79 Å². The van der Waals surface area contributed by atoms with Gasteiger partial charge in [0.1, 0.15) is 5.82 Å². The maximum Gasteiger partial charge on any atom is 0.251 e. The molecule has 0 fully saturated rings. The van der Waals surface area contributed by atoms with E-state index in [1.165, 1.54) is 6.07 Å². The van der Waals surface area contributed by atoms with Crippen molar-refractivity contribution in [1.82, 2.24) is 4.98 Å². The molecule has 0 aliphatic rings. The number of primary amides is 1. The third kappa shape index (κ3) is 3.53. The van der Waals surface area contributed by atoms with E-state index in [4.69, 9.17) is 11.5 Å². The molecule has 18 heavy (non-hydrogen) atoms. The summed E-state index contributed by atoms with van der Waals surface area (Å²) in [5.74, 6) is 0.889. The summed E-state index contributed by atoms with van der Waals surface area (Å²) in [7, 11) is 1.94. The molecule has 0 spiro atoms. The summed E-state index contributed by atoms with van der Waals surface area (Å²) in [6.07, 6.45) is 4.71. The van der Waals surface area contributed by atoms with E-state index in [9.17, 15) is 4.79 Å². The molecule has 1 unspecified atom stereocenters. The maximum absolute atomic E-state index is 11.4. The van der Waals surface area contributed by atoms with E-state index in [0.29, 0.717) is 17.4 Å². The Balaban J connectivity index is 2.97. The number of carbonyl (C=O) groups excluding carboxylic acids is 1. The highest BCUT2D eigenvalue weighted by Gasteiger charge is 2.17. The first-order valence-electron chi connectivity index (χ1n) is 5.74. The van der Waals surface area contributed by atoms with Crippen LogP contribution in [0.15, 0.2) is 12.3 Å². The summed E-state index contributed by atoms with van der Waals surface area (Å²) in [6.45, 7) is 2.11. The zero-order valence-corrected chi connectivity index (χ0v) is 11.8. The van der Waals surface area contributed by atoms with Gasteiger partial charge in [-0.25, -0.2) is 4.98 Å². The highest BCUT2D eigenvalue weighted by molar-refractivity contribution is 7.98. The molecule has 0 aromatic carbocycles. The fraction of sp³-hybridized carbons (Fsp3) is 0.500. The van der Waals surface area contributed by atoms with Crippen LogP contribution in [0.1, 0.15) is 23.7 Å². The molecular weight excluding hydrogens is 248 g/mol. The van der Waals surface area contributed by atoms with Gasteiger partial charge in [-0.3, -0.25) is 4.79 Å². The highest BCUT2D eigenvalue weighted by atomic mass is 32.2. The Morgan fingerprint density at radius 3 is 2.83 bits per heavy atom. The molecule has 0 saturated heterocycles. The number of hydrogen-bond donors (Lipinski definition) is 2. The van der Waals surface area contributed by atoms with E-state index in [2.05, 4.69) is 18.2 Å². The fourth-order valence-electron chi connectivity index (χ4n) is 1.66. The predicted molar refractivity (Wildman–Crippen MR) is 78.0 cm³/mol. The molecule has 1 rings (SSSR count). The molecule has 6 heteroatoms. The lowest BCUT2D eigenvalue weighted by Gasteiger charge is -2.28. The molecule has 5 nitrogen and oxygen atoms in total. The van der Waals surface area contributed by atoms with Gasteiger partial charge in [0.05, 0.1) is 17.4 Å². The lowest BCUT2D eigenvalue weighted by atomic mass is 10.1. The lowest BCUT2D eigenvalue weighted by Crippen LogP contribution is -2.31. The Bertz CT molecular complexity index is 425. The minimum atomic E-state index is -0.483. The molecule has 0 saturated carbocycles. The van der Waals surface area contributed by atoms with Crippen LogP contribution in [-0.4, -0.2) is 36.0 Å². The number of thioether (sulfide) groups is 1. The number of pyridine rings is 1. The third-order valence-electron chi connectivity index (χ3n) is 2.95. The number of carbonyl (C=O) groups is 1. The third-order valence-corrected chi connectivity index (χ3v) is 3.59. The molecule has 0 aliphatic carbocycles.